The van der Waals surface area contributed by atoms with Crippen LogP contribution < -0.4 is 5.73 Å². The molecule has 0 aromatic heterocycles. The van der Waals surface area contributed by atoms with Gasteiger partial charge in [0, 0.05) is 0 Å². The summed E-state index contributed by atoms with van der Waals surface area (Å²) in [5.74, 6) is -0.906. The van der Waals surface area contributed by atoms with Crippen LogP contribution in [0.5, 0.6) is 0 Å². The lowest BCUT2D eigenvalue weighted by Crippen LogP contribution is -2.35. The van der Waals surface area contributed by atoms with E-state index in [0.29, 0.717) is 13.2 Å². The van der Waals surface area contributed by atoms with Gasteiger partial charge < -0.3 is 15.2 Å². The number of aryl methyl sites for hydroxylation is 1. The average molecular weight is 642 g/mol. The third-order valence-corrected chi connectivity index (χ3v) is 8.38. The van der Waals surface area contributed by atoms with Crippen LogP contribution in [0.2, 0.25) is 0 Å². The predicted octanol–water partition coefficient (Wildman–Crippen LogP) is 8.87. The number of carbonyl (C=O) groups is 2. The van der Waals surface area contributed by atoms with Crippen LogP contribution in [0.4, 0.5) is 0 Å². The van der Waals surface area contributed by atoms with Gasteiger partial charge in [-0.3, -0.25) is 14.1 Å². The van der Waals surface area contributed by atoms with Gasteiger partial charge in [0.05, 0.1) is 24.5 Å². The second kappa shape index (κ2) is 28.5. The first-order valence-corrected chi connectivity index (χ1v) is 18.7. The van der Waals surface area contributed by atoms with Gasteiger partial charge in [0.2, 0.25) is 0 Å². The number of carbonyl (C=O) groups excluding carboxylic acids is 2. The maximum Gasteiger partial charge on any atom is 0.323 e. The number of nitrogens with two attached hydrogens (primary N) is 1. The SMILES string of the molecule is CCCCCCCCCCCCOC(=O)CC(N)C(=O)OCCCCCCCCCCCC.Cc1ccc(S(=O)(=O)O)cc1. The monoisotopic (exact) mass is 641 g/mol. The fourth-order valence-electron chi connectivity index (χ4n) is 4.68. The molecule has 44 heavy (non-hydrogen) atoms. The van der Waals surface area contributed by atoms with Crippen LogP contribution in [0.3, 0.4) is 0 Å². The smallest absolute Gasteiger partial charge is 0.323 e. The minimum absolute atomic E-state index is 0.0666. The molecular weight excluding hydrogens is 578 g/mol. The average Bonchev–Trinajstić information content (AvgIpc) is 2.98. The Morgan fingerprint density at radius 2 is 1.02 bits per heavy atom. The molecule has 1 aromatic carbocycles. The maximum atomic E-state index is 11.9. The van der Waals surface area contributed by atoms with Gasteiger partial charge in [-0.1, -0.05) is 147 Å². The van der Waals surface area contributed by atoms with Gasteiger partial charge in [0.1, 0.15) is 6.04 Å². The second-order valence-corrected chi connectivity index (χ2v) is 13.3. The largest absolute Gasteiger partial charge is 0.466 e. The quantitative estimate of drug-likeness (QED) is 0.0582. The van der Waals surface area contributed by atoms with E-state index in [1.807, 2.05) is 6.92 Å². The summed E-state index contributed by atoms with van der Waals surface area (Å²) in [6.45, 7) is 7.12. The van der Waals surface area contributed by atoms with E-state index in [1.54, 1.807) is 12.1 Å². The van der Waals surface area contributed by atoms with Crippen molar-refractivity contribution in [3.8, 4) is 0 Å². The second-order valence-electron chi connectivity index (χ2n) is 11.9. The van der Waals surface area contributed by atoms with Crippen molar-refractivity contribution in [2.45, 2.75) is 167 Å². The molecule has 1 atom stereocenters. The van der Waals surface area contributed by atoms with Crippen LogP contribution in [0.25, 0.3) is 0 Å². The first kappa shape index (κ1) is 42.0. The van der Waals surface area contributed by atoms with E-state index in [4.69, 9.17) is 19.8 Å². The number of esters is 2. The van der Waals surface area contributed by atoms with Crippen molar-refractivity contribution in [2.24, 2.45) is 5.73 Å². The van der Waals surface area contributed by atoms with Gasteiger partial charge in [-0.05, 0) is 31.9 Å². The van der Waals surface area contributed by atoms with Crippen molar-refractivity contribution < 1.29 is 32.0 Å². The Labute approximate surface area is 269 Å². The Kier molecular flexibility index (Phi) is 27.2. The number of rotatable bonds is 26. The lowest BCUT2D eigenvalue weighted by atomic mass is 10.1. The Morgan fingerprint density at radius 1 is 0.659 bits per heavy atom. The minimum Gasteiger partial charge on any atom is -0.466 e. The fraction of sp³-hybridized carbons (Fsp3) is 0.771. The maximum absolute atomic E-state index is 11.9. The van der Waals surface area contributed by atoms with Crippen molar-refractivity contribution in [3.05, 3.63) is 29.8 Å². The van der Waals surface area contributed by atoms with Gasteiger partial charge in [-0.2, -0.15) is 8.42 Å². The van der Waals surface area contributed by atoms with E-state index in [-0.39, 0.29) is 11.3 Å². The van der Waals surface area contributed by atoms with Crippen molar-refractivity contribution in [1.82, 2.24) is 0 Å². The molecule has 0 bridgehead atoms. The molecular formula is C35H63NO7S. The predicted molar refractivity (Wildman–Crippen MR) is 179 cm³/mol. The van der Waals surface area contributed by atoms with Crippen LogP contribution in [-0.4, -0.2) is 44.2 Å². The molecule has 0 amide bonds. The zero-order chi connectivity index (χ0) is 32.9. The molecule has 256 valence electrons. The molecule has 0 aliphatic carbocycles. The number of hydrogen-bond acceptors (Lipinski definition) is 7. The Hall–Kier alpha value is -1.97. The van der Waals surface area contributed by atoms with E-state index in [1.165, 1.54) is 115 Å². The molecule has 1 rings (SSSR count). The lowest BCUT2D eigenvalue weighted by molar-refractivity contribution is -0.152. The Balaban J connectivity index is 0.00000139. The molecule has 0 saturated carbocycles. The molecule has 0 saturated heterocycles. The summed E-state index contributed by atoms with van der Waals surface area (Å²) in [6, 6.07) is 5.06. The standard InChI is InChI=1S/C28H55NO4.C7H8O3S/c1-3-5-7-9-11-13-15-17-19-21-23-32-27(30)25-26(29)28(31)33-24-22-20-18-16-14-12-10-8-6-4-2;1-6-2-4-7(5-3-6)11(8,9)10/h26H,3-25,29H2,1-2H3;2-5H,1H3,(H,8,9,10). The summed E-state index contributed by atoms with van der Waals surface area (Å²) >= 11 is 0. The number of hydrogen-bond donors (Lipinski definition) is 2. The highest BCUT2D eigenvalue weighted by Crippen LogP contribution is 2.12. The topological polar surface area (TPSA) is 133 Å². The van der Waals surface area contributed by atoms with Crippen molar-refractivity contribution in [1.29, 1.82) is 0 Å². The normalized spacial score (nSPS) is 11.8. The number of benzene rings is 1. The van der Waals surface area contributed by atoms with E-state index in [9.17, 15) is 18.0 Å². The molecule has 0 heterocycles. The summed E-state index contributed by atoms with van der Waals surface area (Å²) < 4.78 is 40.0. The lowest BCUT2D eigenvalue weighted by Gasteiger charge is -2.11. The van der Waals surface area contributed by atoms with Gasteiger partial charge in [-0.15, -0.1) is 0 Å². The zero-order valence-corrected chi connectivity index (χ0v) is 28.8. The van der Waals surface area contributed by atoms with Crippen LogP contribution in [0.1, 0.15) is 154 Å². The van der Waals surface area contributed by atoms with Crippen LogP contribution >= 0.6 is 0 Å². The molecule has 0 radical (unpaired) electrons. The zero-order valence-electron chi connectivity index (χ0n) is 28.0. The van der Waals surface area contributed by atoms with E-state index in [0.717, 1.165) is 31.2 Å². The van der Waals surface area contributed by atoms with Crippen molar-refractivity contribution in [3.63, 3.8) is 0 Å². The molecule has 0 aliphatic heterocycles. The van der Waals surface area contributed by atoms with Crippen molar-refractivity contribution >= 4 is 22.1 Å². The Morgan fingerprint density at radius 3 is 1.41 bits per heavy atom. The highest BCUT2D eigenvalue weighted by molar-refractivity contribution is 7.85. The molecule has 0 spiro atoms. The van der Waals surface area contributed by atoms with Crippen LogP contribution in [0, 0.1) is 6.92 Å². The molecule has 1 unspecified atom stereocenters. The molecule has 9 heteroatoms. The fourth-order valence-corrected chi connectivity index (χ4v) is 5.16. The van der Waals surface area contributed by atoms with Crippen molar-refractivity contribution in [2.75, 3.05) is 13.2 Å². The van der Waals surface area contributed by atoms with Gasteiger partial charge in [0.15, 0.2) is 0 Å². The highest BCUT2D eigenvalue weighted by atomic mass is 32.2. The minimum atomic E-state index is -4.02. The summed E-state index contributed by atoms with van der Waals surface area (Å²) in [5.41, 5.74) is 6.76. The number of ether oxygens (including phenoxy) is 2. The third kappa shape index (κ3) is 26.4. The summed E-state index contributed by atoms with van der Waals surface area (Å²) in [6.07, 6.45) is 24.7. The van der Waals surface area contributed by atoms with Gasteiger partial charge in [0.25, 0.3) is 10.1 Å². The first-order valence-electron chi connectivity index (χ1n) is 17.2. The van der Waals surface area contributed by atoms with Gasteiger partial charge >= 0.3 is 11.9 Å². The molecule has 8 nitrogen and oxygen atoms in total. The third-order valence-electron chi connectivity index (χ3n) is 7.51. The van der Waals surface area contributed by atoms with E-state index < -0.39 is 28.1 Å². The molecule has 3 N–H and O–H groups in total. The Bertz CT molecular complexity index is 935. The van der Waals surface area contributed by atoms with Gasteiger partial charge in [-0.25, -0.2) is 0 Å². The van der Waals surface area contributed by atoms with Crippen LogP contribution in [-0.2, 0) is 29.2 Å². The number of unbranched alkanes of at least 4 members (excludes halogenated alkanes) is 18. The molecule has 1 aromatic rings. The van der Waals surface area contributed by atoms with E-state index >= 15 is 0 Å². The highest BCUT2D eigenvalue weighted by Gasteiger charge is 2.19. The summed E-state index contributed by atoms with van der Waals surface area (Å²) in [7, 11) is -4.02. The summed E-state index contributed by atoms with van der Waals surface area (Å²) in [4.78, 5) is 23.7. The molecule has 0 aliphatic rings. The first-order chi connectivity index (χ1) is 21.1. The van der Waals surface area contributed by atoms with Crippen LogP contribution in [0.15, 0.2) is 29.2 Å². The molecule has 0 fully saturated rings. The summed E-state index contributed by atoms with van der Waals surface area (Å²) in [5, 5.41) is 0. The van der Waals surface area contributed by atoms with E-state index in [2.05, 4.69) is 13.8 Å².